The molecule has 0 amide bonds. The van der Waals surface area contributed by atoms with Gasteiger partial charge in [0.15, 0.2) is 5.69 Å². The molecule has 0 saturated carbocycles. The second-order valence-corrected chi connectivity index (χ2v) is 4.20. The molecule has 0 bridgehead atoms. The molecule has 0 spiro atoms. The van der Waals surface area contributed by atoms with Gasteiger partial charge in [0.2, 0.25) is 0 Å². The Morgan fingerprint density at radius 3 is 2.25 bits per heavy atom. The Bertz CT molecular complexity index is 391. The molecule has 0 unspecified atom stereocenters. The van der Waals surface area contributed by atoms with E-state index in [1.165, 1.54) is 0 Å². The van der Waals surface area contributed by atoms with Gasteiger partial charge in [-0.15, -0.1) is 0 Å². The van der Waals surface area contributed by atoms with Crippen molar-refractivity contribution in [3.8, 4) is 0 Å². The van der Waals surface area contributed by atoms with Crippen LogP contribution in [0.15, 0.2) is 10.5 Å². The molecule has 0 aliphatic heterocycles. The molecule has 0 atom stereocenters. The molecule has 16 heavy (non-hydrogen) atoms. The fraction of sp³-hybridized carbons (Fsp3) is 0.375. The summed E-state index contributed by atoms with van der Waals surface area (Å²) in [6.45, 7) is 0. The molecular weight excluding hydrogens is 365 g/mol. The Kier molecular flexibility index (Phi) is 4.28. The highest BCUT2D eigenvalue weighted by Gasteiger charge is 2.38. The molecule has 0 N–H and O–H groups in total. The Morgan fingerprint density at radius 1 is 1.31 bits per heavy atom. The maximum atomic E-state index is 12.4. The quantitative estimate of drug-likeness (QED) is 0.545. The lowest BCUT2D eigenvalue weighted by Gasteiger charge is -2.13. The molecule has 1 aromatic heterocycles. The van der Waals surface area contributed by atoms with E-state index in [1.54, 1.807) is 0 Å². The summed E-state index contributed by atoms with van der Waals surface area (Å²) in [4.78, 5) is 3.18. The van der Waals surface area contributed by atoms with Gasteiger partial charge in [-0.2, -0.15) is 13.2 Å². The van der Waals surface area contributed by atoms with E-state index in [-0.39, 0.29) is 15.5 Å². The van der Waals surface area contributed by atoms with Crippen molar-refractivity contribution in [2.45, 2.75) is 17.9 Å². The number of hydrogen-bond acceptors (Lipinski definition) is 1. The first-order chi connectivity index (χ1) is 7.27. The molecule has 0 aliphatic carbocycles. The van der Waals surface area contributed by atoms with Crippen molar-refractivity contribution in [2.24, 2.45) is 0 Å². The first-order valence-corrected chi connectivity index (χ1v) is 5.79. The largest absolute Gasteiger partial charge is 0.433 e. The topological polar surface area (TPSA) is 12.9 Å². The van der Waals surface area contributed by atoms with Crippen LogP contribution in [0.2, 0.25) is 0 Å². The monoisotopic (exact) mass is 367 g/mol. The minimum atomic E-state index is -4.89. The summed E-state index contributed by atoms with van der Waals surface area (Å²) in [5, 5.41) is 0.0418. The summed E-state index contributed by atoms with van der Waals surface area (Å²) in [6, 6.07) is 0.747. The van der Waals surface area contributed by atoms with E-state index in [0.717, 1.165) is 6.07 Å². The maximum absolute atomic E-state index is 12.4. The van der Waals surface area contributed by atoms with E-state index in [1.807, 2.05) is 0 Å². The van der Waals surface area contributed by atoms with Crippen LogP contribution in [0, 0.1) is 0 Å². The van der Waals surface area contributed by atoms with Gasteiger partial charge < -0.3 is 0 Å². The van der Waals surface area contributed by atoms with Crippen molar-refractivity contribution in [3.05, 3.63) is 27.5 Å². The van der Waals surface area contributed by atoms with Gasteiger partial charge in [-0.3, -0.25) is 0 Å². The van der Waals surface area contributed by atoms with Crippen molar-refractivity contribution >= 4 is 31.9 Å². The van der Waals surface area contributed by atoms with Crippen molar-refractivity contribution < 1.29 is 22.0 Å². The first kappa shape index (κ1) is 13.8. The van der Waals surface area contributed by atoms with E-state index in [9.17, 15) is 22.0 Å². The number of alkyl halides is 6. The molecule has 90 valence electrons. The van der Waals surface area contributed by atoms with E-state index in [2.05, 4.69) is 36.8 Å². The third-order valence-electron chi connectivity index (χ3n) is 1.71. The SMILES string of the molecule is FC(F)c1cc(Br)c(CBr)nc1C(F)(F)F. The van der Waals surface area contributed by atoms with Crippen LogP contribution >= 0.6 is 31.9 Å². The maximum Gasteiger partial charge on any atom is 0.433 e. The van der Waals surface area contributed by atoms with E-state index < -0.39 is 23.9 Å². The fourth-order valence-corrected chi connectivity index (χ4v) is 2.31. The van der Waals surface area contributed by atoms with Crippen LogP contribution in [-0.4, -0.2) is 4.98 Å². The van der Waals surface area contributed by atoms with E-state index in [0.29, 0.717) is 0 Å². The molecule has 0 aliphatic rings. The van der Waals surface area contributed by atoms with Crippen LogP contribution in [0.5, 0.6) is 0 Å². The van der Waals surface area contributed by atoms with Gasteiger partial charge in [0.05, 0.1) is 5.69 Å². The summed E-state index contributed by atoms with van der Waals surface area (Å²) in [5.74, 6) is 0. The van der Waals surface area contributed by atoms with Gasteiger partial charge in [0.25, 0.3) is 6.43 Å². The minimum Gasteiger partial charge on any atom is -0.246 e. The Balaban J connectivity index is 3.43. The first-order valence-electron chi connectivity index (χ1n) is 3.88. The lowest BCUT2D eigenvalue weighted by atomic mass is 10.1. The highest BCUT2D eigenvalue weighted by molar-refractivity contribution is 9.10. The average molecular weight is 369 g/mol. The molecule has 0 fully saturated rings. The molecule has 1 nitrogen and oxygen atoms in total. The van der Waals surface area contributed by atoms with Crippen LogP contribution in [0.25, 0.3) is 0 Å². The van der Waals surface area contributed by atoms with Gasteiger partial charge in [0, 0.05) is 15.4 Å². The van der Waals surface area contributed by atoms with Crippen molar-refractivity contribution in [1.82, 2.24) is 4.98 Å². The summed E-state index contributed by atoms with van der Waals surface area (Å²) in [6.07, 6.45) is -8.10. The molecule has 0 saturated heterocycles. The molecule has 0 radical (unpaired) electrons. The molecular formula is C8H4Br2F5N. The third kappa shape index (κ3) is 2.91. The number of hydrogen-bond donors (Lipinski definition) is 0. The minimum absolute atomic E-state index is 0.0247. The standard InChI is InChI=1S/C8H4Br2F5N/c9-2-5-4(10)1-3(7(11)12)6(16-5)8(13,14)15/h1,7H,2H2. The zero-order valence-corrected chi connectivity index (χ0v) is 10.6. The van der Waals surface area contributed by atoms with E-state index in [4.69, 9.17) is 0 Å². The fourth-order valence-electron chi connectivity index (χ4n) is 1.03. The van der Waals surface area contributed by atoms with Crippen molar-refractivity contribution in [1.29, 1.82) is 0 Å². The normalized spacial score (nSPS) is 12.2. The highest BCUT2D eigenvalue weighted by Crippen LogP contribution is 2.37. The second-order valence-electron chi connectivity index (χ2n) is 2.79. The molecule has 1 heterocycles. The summed E-state index contributed by atoms with van der Waals surface area (Å²) in [7, 11) is 0. The lowest BCUT2D eigenvalue weighted by molar-refractivity contribution is -0.143. The zero-order chi connectivity index (χ0) is 12.5. The zero-order valence-electron chi connectivity index (χ0n) is 7.45. The van der Waals surface area contributed by atoms with Crippen LogP contribution < -0.4 is 0 Å². The Hall–Kier alpha value is -0.240. The summed E-state index contributed by atoms with van der Waals surface area (Å²) in [5.41, 5.74) is -2.64. The molecule has 1 aromatic rings. The van der Waals surface area contributed by atoms with Crippen molar-refractivity contribution in [3.63, 3.8) is 0 Å². The molecule has 0 aromatic carbocycles. The molecule has 8 heteroatoms. The predicted molar refractivity (Wildman–Crippen MR) is 54.5 cm³/mol. The van der Waals surface area contributed by atoms with Crippen molar-refractivity contribution in [2.75, 3.05) is 0 Å². The van der Waals surface area contributed by atoms with Crippen LogP contribution in [-0.2, 0) is 11.5 Å². The van der Waals surface area contributed by atoms with Gasteiger partial charge >= 0.3 is 6.18 Å². The second kappa shape index (κ2) is 4.95. The third-order valence-corrected chi connectivity index (χ3v) is 2.93. The van der Waals surface area contributed by atoms with Gasteiger partial charge in [-0.25, -0.2) is 13.8 Å². The van der Waals surface area contributed by atoms with Gasteiger partial charge in [-0.1, -0.05) is 15.9 Å². The lowest BCUT2D eigenvalue weighted by Crippen LogP contribution is -2.14. The Labute approximate surface area is 104 Å². The number of pyridine rings is 1. The summed E-state index contributed by atoms with van der Waals surface area (Å²) >= 11 is 5.81. The van der Waals surface area contributed by atoms with Gasteiger partial charge in [0.1, 0.15) is 0 Å². The number of rotatable bonds is 2. The summed E-state index contributed by atoms with van der Waals surface area (Å²) < 4.78 is 62.2. The predicted octanol–water partition coefficient (Wildman–Crippen LogP) is 4.70. The Morgan fingerprint density at radius 2 is 1.88 bits per heavy atom. The van der Waals surface area contributed by atoms with E-state index >= 15 is 0 Å². The van der Waals surface area contributed by atoms with Crippen LogP contribution in [0.1, 0.15) is 23.4 Å². The smallest absolute Gasteiger partial charge is 0.246 e. The molecule has 1 rings (SSSR count). The number of nitrogens with zero attached hydrogens (tertiary/aromatic N) is 1. The number of halogens is 7. The number of aromatic nitrogens is 1. The highest BCUT2D eigenvalue weighted by atomic mass is 79.9. The van der Waals surface area contributed by atoms with Crippen LogP contribution in [0.3, 0.4) is 0 Å². The van der Waals surface area contributed by atoms with Crippen LogP contribution in [0.4, 0.5) is 22.0 Å². The average Bonchev–Trinajstić information content (AvgIpc) is 2.15. The van der Waals surface area contributed by atoms with Gasteiger partial charge in [-0.05, 0) is 22.0 Å².